The van der Waals surface area contributed by atoms with E-state index in [2.05, 4.69) is 6.92 Å². The number of benzene rings is 1. The molecule has 2 heteroatoms. The van der Waals surface area contributed by atoms with Gasteiger partial charge in [0, 0.05) is 0 Å². The molecule has 9 heavy (non-hydrogen) atoms. The van der Waals surface area contributed by atoms with Gasteiger partial charge in [-0.25, -0.2) is 0 Å². The molecule has 0 heterocycles. The molecule has 0 atom stereocenters. The van der Waals surface area contributed by atoms with E-state index in [9.17, 15) is 0 Å². The van der Waals surface area contributed by atoms with Crippen molar-refractivity contribution in [3.8, 4) is 0 Å². The van der Waals surface area contributed by atoms with Crippen molar-refractivity contribution in [2.24, 2.45) is 0 Å². The second kappa shape index (κ2) is 2.59. The number of rotatable bonds is 0. The third-order valence-corrected chi connectivity index (χ3v) is 1.89. The van der Waals surface area contributed by atoms with Crippen LogP contribution in [0.1, 0.15) is 5.56 Å². The molecule has 47 valence electrons. The first kappa shape index (κ1) is 6.91. The summed E-state index contributed by atoms with van der Waals surface area (Å²) in [7, 11) is 0. The van der Waals surface area contributed by atoms with Crippen LogP contribution in [-0.2, 0) is 0 Å². The van der Waals surface area contributed by atoms with Crippen molar-refractivity contribution >= 4 is 23.2 Å². The number of hydrogen-bond acceptors (Lipinski definition) is 0. The van der Waals surface area contributed by atoms with Gasteiger partial charge in [-0.05, 0) is 18.6 Å². The Kier molecular flexibility index (Phi) is 1.99. The summed E-state index contributed by atoms with van der Waals surface area (Å²) in [6.07, 6.45) is 0. The van der Waals surface area contributed by atoms with Crippen LogP contribution in [-0.4, -0.2) is 0 Å². The molecular formula is C7H5Cl2. The zero-order valence-electron chi connectivity index (χ0n) is 4.70. The molecule has 1 rings (SSSR count). The Hall–Kier alpha value is -0.200. The highest BCUT2D eigenvalue weighted by atomic mass is 35.5. The van der Waals surface area contributed by atoms with Crippen molar-refractivity contribution in [2.75, 3.05) is 0 Å². The Balaban J connectivity index is 3.25. The van der Waals surface area contributed by atoms with Crippen LogP contribution in [0.4, 0.5) is 0 Å². The Bertz CT molecular complexity index is 198. The highest BCUT2D eigenvalue weighted by molar-refractivity contribution is 6.42. The van der Waals surface area contributed by atoms with Crippen LogP contribution in [0.15, 0.2) is 18.2 Å². The Morgan fingerprint density at radius 1 is 1.22 bits per heavy atom. The second-order valence-corrected chi connectivity index (χ2v) is 2.50. The van der Waals surface area contributed by atoms with Gasteiger partial charge in [0.25, 0.3) is 0 Å². The maximum Gasteiger partial charge on any atom is 0.0624 e. The molecule has 0 aliphatic rings. The predicted molar refractivity (Wildman–Crippen MR) is 40.9 cm³/mol. The molecule has 1 aromatic carbocycles. The van der Waals surface area contributed by atoms with E-state index in [1.807, 2.05) is 12.1 Å². The summed E-state index contributed by atoms with van der Waals surface area (Å²) in [4.78, 5) is 0. The topological polar surface area (TPSA) is 0 Å². The van der Waals surface area contributed by atoms with Gasteiger partial charge in [0.2, 0.25) is 0 Å². The molecule has 0 spiro atoms. The van der Waals surface area contributed by atoms with Crippen molar-refractivity contribution < 1.29 is 0 Å². The summed E-state index contributed by atoms with van der Waals surface area (Å²) >= 11 is 11.3. The molecule has 0 unspecified atom stereocenters. The molecule has 0 saturated carbocycles. The van der Waals surface area contributed by atoms with E-state index in [0.717, 1.165) is 5.56 Å². The molecule has 0 bridgehead atoms. The second-order valence-electron chi connectivity index (χ2n) is 1.71. The van der Waals surface area contributed by atoms with E-state index in [1.165, 1.54) is 0 Å². The summed E-state index contributed by atoms with van der Waals surface area (Å²) in [5, 5.41) is 1.10. The van der Waals surface area contributed by atoms with Crippen LogP contribution in [0.2, 0.25) is 10.0 Å². The van der Waals surface area contributed by atoms with Crippen LogP contribution >= 0.6 is 23.2 Å². The maximum atomic E-state index is 5.68. The molecule has 0 nitrogen and oxygen atoms in total. The third-order valence-electron chi connectivity index (χ3n) is 1.03. The Morgan fingerprint density at radius 2 is 1.89 bits per heavy atom. The largest absolute Gasteiger partial charge is 0.0827 e. The molecule has 0 saturated heterocycles. The van der Waals surface area contributed by atoms with Crippen molar-refractivity contribution in [2.45, 2.75) is 0 Å². The highest BCUT2D eigenvalue weighted by Crippen LogP contribution is 2.24. The van der Waals surface area contributed by atoms with Crippen LogP contribution < -0.4 is 0 Å². The van der Waals surface area contributed by atoms with Gasteiger partial charge in [-0.3, -0.25) is 0 Å². The van der Waals surface area contributed by atoms with Crippen molar-refractivity contribution in [3.05, 3.63) is 40.7 Å². The Labute approximate surface area is 64.4 Å². The highest BCUT2D eigenvalue weighted by Gasteiger charge is 1.96. The monoisotopic (exact) mass is 159 g/mol. The summed E-state index contributed by atoms with van der Waals surface area (Å²) in [5.41, 5.74) is 0.768. The molecule has 0 aromatic heterocycles. The fraction of sp³-hybridized carbons (Fsp3) is 0. The van der Waals surface area contributed by atoms with Crippen LogP contribution in [0.5, 0.6) is 0 Å². The fourth-order valence-electron chi connectivity index (χ4n) is 0.548. The van der Waals surface area contributed by atoms with Gasteiger partial charge in [0.1, 0.15) is 0 Å². The average molecular weight is 160 g/mol. The molecule has 0 fully saturated rings. The van der Waals surface area contributed by atoms with Gasteiger partial charge in [-0.2, -0.15) is 0 Å². The molecule has 1 aromatic rings. The minimum atomic E-state index is 0.541. The van der Waals surface area contributed by atoms with Gasteiger partial charge in [-0.15, -0.1) is 0 Å². The van der Waals surface area contributed by atoms with Gasteiger partial charge in [-0.1, -0.05) is 35.3 Å². The first-order valence-corrected chi connectivity index (χ1v) is 3.23. The van der Waals surface area contributed by atoms with Crippen LogP contribution in [0, 0.1) is 6.92 Å². The smallest absolute Gasteiger partial charge is 0.0624 e. The average Bonchev–Trinajstić information content (AvgIpc) is 1.83. The quantitative estimate of drug-likeness (QED) is 0.546. The zero-order chi connectivity index (χ0) is 6.85. The van der Waals surface area contributed by atoms with Crippen LogP contribution in [0.25, 0.3) is 0 Å². The molecule has 0 aliphatic heterocycles. The molecule has 0 amide bonds. The van der Waals surface area contributed by atoms with Gasteiger partial charge in [0.05, 0.1) is 10.0 Å². The van der Waals surface area contributed by atoms with Crippen LogP contribution in [0.3, 0.4) is 0 Å². The fourth-order valence-corrected chi connectivity index (χ4v) is 0.869. The summed E-state index contributed by atoms with van der Waals surface area (Å²) < 4.78 is 0. The molecule has 1 radical (unpaired) electrons. The SMILES string of the molecule is [CH2]c1cccc(Cl)c1Cl. The van der Waals surface area contributed by atoms with Gasteiger partial charge < -0.3 is 0 Å². The van der Waals surface area contributed by atoms with Gasteiger partial charge >= 0.3 is 0 Å². The first-order valence-electron chi connectivity index (χ1n) is 2.48. The predicted octanol–water partition coefficient (Wildman–Crippen LogP) is 3.18. The Morgan fingerprint density at radius 3 is 2.33 bits per heavy atom. The zero-order valence-corrected chi connectivity index (χ0v) is 6.21. The molecular weight excluding hydrogens is 155 g/mol. The lowest BCUT2D eigenvalue weighted by Gasteiger charge is -1.96. The summed E-state index contributed by atoms with van der Waals surface area (Å²) in [5.74, 6) is 0. The number of hydrogen-bond donors (Lipinski definition) is 0. The minimum absolute atomic E-state index is 0.541. The van der Waals surface area contributed by atoms with E-state index in [4.69, 9.17) is 23.2 Å². The third kappa shape index (κ3) is 1.38. The van der Waals surface area contributed by atoms with E-state index < -0.39 is 0 Å². The maximum absolute atomic E-state index is 5.68. The van der Waals surface area contributed by atoms with E-state index in [1.54, 1.807) is 6.07 Å². The standard InChI is InChI=1S/C7H5Cl2/c1-5-3-2-4-6(8)7(5)9/h2-4H,1H2. The van der Waals surface area contributed by atoms with Crippen molar-refractivity contribution in [1.29, 1.82) is 0 Å². The van der Waals surface area contributed by atoms with Crippen molar-refractivity contribution in [1.82, 2.24) is 0 Å². The molecule has 0 N–H and O–H groups in total. The molecule has 0 aliphatic carbocycles. The summed E-state index contributed by atoms with van der Waals surface area (Å²) in [6, 6.07) is 5.36. The number of halogens is 2. The van der Waals surface area contributed by atoms with Gasteiger partial charge in [0.15, 0.2) is 0 Å². The lowest BCUT2D eigenvalue weighted by atomic mass is 10.2. The summed E-state index contributed by atoms with van der Waals surface area (Å²) in [6.45, 7) is 3.66. The normalized spacial score (nSPS) is 9.67. The van der Waals surface area contributed by atoms with E-state index >= 15 is 0 Å². The minimum Gasteiger partial charge on any atom is -0.0827 e. The van der Waals surface area contributed by atoms with E-state index in [-0.39, 0.29) is 0 Å². The first-order chi connectivity index (χ1) is 4.22. The lowest BCUT2D eigenvalue weighted by Crippen LogP contribution is -1.73. The van der Waals surface area contributed by atoms with Crippen molar-refractivity contribution in [3.63, 3.8) is 0 Å². The van der Waals surface area contributed by atoms with E-state index in [0.29, 0.717) is 10.0 Å². The lowest BCUT2D eigenvalue weighted by molar-refractivity contribution is 1.61.